The molecule has 2 rings (SSSR count). The first-order valence-electron chi connectivity index (χ1n) is 5.48. The van der Waals surface area contributed by atoms with Crippen LogP contribution in [0, 0.1) is 0 Å². The molecule has 0 aliphatic rings. The van der Waals surface area contributed by atoms with E-state index >= 15 is 0 Å². The van der Waals surface area contributed by atoms with Gasteiger partial charge in [-0.1, -0.05) is 48.5 Å². The van der Waals surface area contributed by atoms with Crippen molar-refractivity contribution in [2.75, 3.05) is 0 Å². The van der Waals surface area contributed by atoms with Crippen LogP contribution >= 0.6 is 0 Å². The molecule has 0 radical (unpaired) electrons. The van der Waals surface area contributed by atoms with E-state index in [2.05, 4.69) is 0 Å². The van der Waals surface area contributed by atoms with Crippen molar-refractivity contribution in [3.63, 3.8) is 0 Å². The van der Waals surface area contributed by atoms with Gasteiger partial charge in [0.2, 0.25) is 0 Å². The van der Waals surface area contributed by atoms with Gasteiger partial charge in [0.15, 0.2) is 0 Å². The Hall–Kier alpha value is -2.55. The maximum Gasteiger partial charge on any atom is 0.332 e. The highest BCUT2D eigenvalue weighted by Gasteiger charge is 2.06. The van der Waals surface area contributed by atoms with Gasteiger partial charge >= 0.3 is 5.97 Å². The van der Waals surface area contributed by atoms with E-state index in [1.807, 2.05) is 36.4 Å². The molecule has 0 amide bonds. The van der Waals surface area contributed by atoms with Gasteiger partial charge in [-0.05, 0) is 12.1 Å². The average molecular weight is 240 g/mol. The Morgan fingerprint density at radius 3 is 2.06 bits per heavy atom. The lowest BCUT2D eigenvalue weighted by molar-refractivity contribution is -0.131. The van der Waals surface area contributed by atoms with E-state index in [0.717, 1.165) is 11.6 Å². The number of aliphatic carboxylic acids is 1. The minimum Gasteiger partial charge on any atom is -0.478 e. The molecule has 18 heavy (non-hydrogen) atoms. The van der Waals surface area contributed by atoms with E-state index in [1.54, 1.807) is 24.3 Å². The zero-order valence-corrected chi connectivity index (χ0v) is 9.61. The first-order valence-corrected chi connectivity index (χ1v) is 5.48. The smallest absolute Gasteiger partial charge is 0.332 e. The van der Waals surface area contributed by atoms with Gasteiger partial charge in [0, 0.05) is 5.56 Å². The Labute approximate surface area is 105 Å². The Bertz CT molecular complexity index is 544. The van der Waals surface area contributed by atoms with E-state index < -0.39 is 5.97 Å². The number of carboxylic acids is 1. The predicted octanol–water partition coefficient (Wildman–Crippen LogP) is 3.19. The normalized spacial score (nSPS) is 11.0. The lowest BCUT2D eigenvalue weighted by Crippen LogP contribution is -1.99. The van der Waals surface area contributed by atoms with E-state index in [0.29, 0.717) is 11.5 Å². The number of benzene rings is 2. The second kappa shape index (κ2) is 5.68. The fraction of sp³-hybridized carbons (Fsp3) is 0. The van der Waals surface area contributed by atoms with Gasteiger partial charge in [-0.3, -0.25) is 0 Å². The summed E-state index contributed by atoms with van der Waals surface area (Å²) in [4.78, 5) is 10.8. The number of rotatable bonds is 4. The molecule has 2 aromatic rings. The molecule has 1 N–H and O–H groups in total. The Balaban J connectivity index is 2.31. The first-order chi connectivity index (χ1) is 8.75. The lowest BCUT2D eigenvalue weighted by Gasteiger charge is -2.09. The Morgan fingerprint density at radius 1 is 0.944 bits per heavy atom. The summed E-state index contributed by atoms with van der Waals surface area (Å²) >= 11 is 0. The molecule has 0 aromatic heterocycles. The molecule has 3 heteroatoms. The van der Waals surface area contributed by atoms with Crippen LogP contribution in [0.4, 0.5) is 0 Å². The fourth-order valence-electron chi connectivity index (χ4n) is 1.50. The minimum atomic E-state index is -1.04. The van der Waals surface area contributed by atoms with Crippen LogP contribution < -0.4 is 4.74 Å². The molecular weight excluding hydrogens is 228 g/mol. The summed E-state index contributed by atoms with van der Waals surface area (Å²) in [6.07, 6.45) is 1.06. The zero-order chi connectivity index (χ0) is 12.8. The zero-order valence-electron chi connectivity index (χ0n) is 9.61. The summed E-state index contributed by atoms with van der Waals surface area (Å²) in [7, 11) is 0. The van der Waals surface area contributed by atoms with Crippen LogP contribution in [0.1, 0.15) is 5.56 Å². The Morgan fingerprint density at radius 2 is 1.50 bits per heavy atom. The molecule has 0 saturated carbocycles. The largest absolute Gasteiger partial charge is 0.478 e. The maximum atomic E-state index is 10.8. The van der Waals surface area contributed by atoms with Crippen LogP contribution in [0.3, 0.4) is 0 Å². The number of hydrogen-bond donors (Lipinski definition) is 1. The molecule has 0 heterocycles. The fourth-order valence-corrected chi connectivity index (χ4v) is 1.50. The molecule has 0 unspecified atom stereocenters. The lowest BCUT2D eigenvalue weighted by atomic mass is 10.2. The number of carbonyl (C=O) groups is 1. The van der Waals surface area contributed by atoms with Crippen molar-refractivity contribution >= 4 is 11.7 Å². The van der Waals surface area contributed by atoms with Crippen LogP contribution in [0.5, 0.6) is 5.75 Å². The highest BCUT2D eigenvalue weighted by Crippen LogP contribution is 2.20. The van der Waals surface area contributed by atoms with Gasteiger partial charge in [-0.15, -0.1) is 0 Å². The van der Waals surface area contributed by atoms with E-state index in [-0.39, 0.29) is 0 Å². The third-order valence-electron chi connectivity index (χ3n) is 2.28. The maximum absolute atomic E-state index is 10.8. The molecule has 3 nitrogen and oxygen atoms in total. The van der Waals surface area contributed by atoms with Gasteiger partial charge in [0.25, 0.3) is 0 Å². The third kappa shape index (κ3) is 3.22. The number of carboxylic acid groups (broad SMARTS) is 1. The van der Waals surface area contributed by atoms with Crippen molar-refractivity contribution < 1.29 is 14.6 Å². The second-order valence-electron chi connectivity index (χ2n) is 3.63. The molecule has 0 saturated heterocycles. The van der Waals surface area contributed by atoms with Crippen molar-refractivity contribution in [3.05, 3.63) is 72.3 Å². The van der Waals surface area contributed by atoms with E-state index in [4.69, 9.17) is 9.84 Å². The predicted molar refractivity (Wildman–Crippen MR) is 69.1 cm³/mol. The first kappa shape index (κ1) is 11.9. The number of ether oxygens (including phenoxy) is 1. The van der Waals surface area contributed by atoms with Gasteiger partial charge in [0.05, 0.1) is 6.08 Å². The van der Waals surface area contributed by atoms with Crippen molar-refractivity contribution in [1.82, 2.24) is 0 Å². The van der Waals surface area contributed by atoms with Crippen molar-refractivity contribution in [3.8, 4) is 5.75 Å². The van der Waals surface area contributed by atoms with Crippen LogP contribution in [0.25, 0.3) is 5.76 Å². The van der Waals surface area contributed by atoms with Crippen molar-refractivity contribution in [1.29, 1.82) is 0 Å². The van der Waals surface area contributed by atoms with Crippen LogP contribution in [0.15, 0.2) is 66.7 Å². The topological polar surface area (TPSA) is 46.5 Å². The standard InChI is InChI=1S/C15H12O3/c16-15(17)11-14(12-7-3-1-4-8-12)18-13-9-5-2-6-10-13/h1-11H,(H,16,17). The van der Waals surface area contributed by atoms with Gasteiger partial charge in [-0.25, -0.2) is 4.79 Å². The summed E-state index contributed by atoms with van der Waals surface area (Å²) in [5, 5.41) is 8.87. The van der Waals surface area contributed by atoms with Crippen molar-refractivity contribution in [2.24, 2.45) is 0 Å². The molecule has 0 atom stereocenters. The van der Waals surface area contributed by atoms with Crippen LogP contribution in [-0.2, 0) is 4.79 Å². The molecule has 2 aromatic carbocycles. The summed E-state index contributed by atoms with van der Waals surface area (Å²) < 4.78 is 5.59. The molecule has 0 spiro atoms. The quantitative estimate of drug-likeness (QED) is 0.659. The minimum absolute atomic E-state index is 0.314. The van der Waals surface area contributed by atoms with Gasteiger partial charge in [0.1, 0.15) is 11.5 Å². The second-order valence-corrected chi connectivity index (χ2v) is 3.63. The number of hydrogen-bond acceptors (Lipinski definition) is 2. The highest BCUT2D eigenvalue weighted by molar-refractivity contribution is 5.88. The highest BCUT2D eigenvalue weighted by atomic mass is 16.5. The monoisotopic (exact) mass is 240 g/mol. The summed E-state index contributed by atoms with van der Waals surface area (Å²) in [6.45, 7) is 0. The third-order valence-corrected chi connectivity index (χ3v) is 2.28. The molecule has 90 valence electrons. The number of para-hydroxylation sites is 1. The molecule has 0 aliphatic heterocycles. The van der Waals surface area contributed by atoms with E-state index in [9.17, 15) is 4.79 Å². The summed E-state index contributed by atoms with van der Waals surface area (Å²) in [5.74, 6) is -0.118. The molecular formula is C15H12O3. The molecule has 0 bridgehead atoms. The summed E-state index contributed by atoms with van der Waals surface area (Å²) in [6, 6.07) is 18.2. The van der Waals surface area contributed by atoms with Gasteiger partial charge in [-0.2, -0.15) is 0 Å². The van der Waals surface area contributed by atoms with Gasteiger partial charge < -0.3 is 9.84 Å². The van der Waals surface area contributed by atoms with Crippen molar-refractivity contribution in [2.45, 2.75) is 0 Å². The SMILES string of the molecule is O=C(O)C=C(Oc1ccccc1)c1ccccc1. The molecule has 0 fully saturated rings. The van der Waals surface area contributed by atoms with Crippen LogP contribution in [0.2, 0.25) is 0 Å². The summed E-state index contributed by atoms with van der Waals surface area (Å²) in [5.41, 5.74) is 0.726. The Kier molecular flexibility index (Phi) is 3.76. The average Bonchev–Trinajstić information content (AvgIpc) is 2.40. The molecule has 0 aliphatic carbocycles. The van der Waals surface area contributed by atoms with E-state index in [1.165, 1.54) is 0 Å². The van der Waals surface area contributed by atoms with Crippen LogP contribution in [-0.4, -0.2) is 11.1 Å².